The molecule has 3 rings (SSSR count). The molecule has 6 heteroatoms. The first-order chi connectivity index (χ1) is 9.22. The normalized spacial score (nSPS) is 17.4. The van der Waals surface area contributed by atoms with E-state index in [4.69, 9.17) is 5.84 Å². The largest absolute Gasteiger partial charge is 0.322 e. The molecule has 0 saturated carbocycles. The van der Waals surface area contributed by atoms with Crippen molar-refractivity contribution >= 4 is 33.3 Å². The van der Waals surface area contributed by atoms with Crippen LogP contribution in [0.1, 0.15) is 12.5 Å². The Labute approximate surface area is 120 Å². The fourth-order valence-electron chi connectivity index (χ4n) is 2.52. The zero-order chi connectivity index (χ0) is 13.4. The number of nitrogens with zero attached hydrogens (tertiary/aromatic N) is 3. The number of hydrogen-bond acceptors (Lipinski definition) is 5. The van der Waals surface area contributed by atoms with Gasteiger partial charge < -0.3 is 10.3 Å². The van der Waals surface area contributed by atoms with Crippen LogP contribution < -0.4 is 16.2 Å². The lowest BCUT2D eigenvalue weighted by atomic mass is 10.1. The number of anilines is 3. The summed E-state index contributed by atoms with van der Waals surface area (Å²) in [7, 11) is 0. The number of halogens is 1. The Bertz CT molecular complexity index is 616. The number of nitrogens with one attached hydrogen (secondary N) is 1. The molecule has 0 aliphatic carbocycles. The number of hydrogen-bond donors (Lipinski definition) is 2. The van der Waals surface area contributed by atoms with E-state index in [0.717, 1.165) is 16.7 Å². The lowest BCUT2D eigenvalue weighted by Crippen LogP contribution is -2.26. The number of nitrogen functional groups attached to an aromatic ring is 1. The third-order valence-electron chi connectivity index (χ3n) is 3.34. The molecular weight excluding hydrogens is 306 g/mol. The van der Waals surface area contributed by atoms with Gasteiger partial charge in [0.1, 0.15) is 10.8 Å². The molecule has 1 aromatic heterocycles. The zero-order valence-electron chi connectivity index (χ0n) is 10.5. The van der Waals surface area contributed by atoms with E-state index in [2.05, 4.69) is 61.3 Å². The molecule has 19 heavy (non-hydrogen) atoms. The van der Waals surface area contributed by atoms with Crippen molar-refractivity contribution in [1.82, 2.24) is 9.97 Å². The van der Waals surface area contributed by atoms with E-state index in [0.29, 0.717) is 11.9 Å². The highest BCUT2D eigenvalue weighted by atomic mass is 79.9. The molecule has 0 amide bonds. The molecule has 1 atom stereocenters. The molecule has 0 spiro atoms. The van der Waals surface area contributed by atoms with Crippen LogP contribution in [0.25, 0.3) is 0 Å². The van der Waals surface area contributed by atoms with Gasteiger partial charge in [0.05, 0.1) is 0 Å². The minimum absolute atomic E-state index is 0.356. The summed E-state index contributed by atoms with van der Waals surface area (Å²) in [6.07, 6.45) is 2.53. The van der Waals surface area contributed by atoms with Crippen molar-refractivity contribution < 1.29 is 0 Å². The molecule has 0 fully saturated rings. The quantitative estimate of drug-likeness (QED) is 0.658. The number of fused-ring (bicyclic) bond motifs is 1. The Balaban J connectivity index is 2.12. The van der Waals surface area contributed by atoms with E-state index in [1.165, 1.54) is 17.6 Å². The third-order valence-corrected chi connectivity index (χ3v) is 4.07. The molecule has 1 aliphatic rings. The highest BCUT2D eigenvalue weighted by Crippen LogP contribution is 2.41. The van der Waals surface area contributed by atoms with Crippen LogP contribution in [0.4, 0.5) is 17.3 Å². The summed E-state index contributed by atoms with van der Waals surface area (Å²) >= 11 is 3.52. The number of benzene rings is 1. The first-order valence-electron chi connectivity index (χ1n) is 6.06. The fraction of sp³-hybridized carbons (Fsp3) is 0.231. The summed E-state index contributed by atoms with van der Waals surface area (Å²) in [5.41, 5.74) is 5.10. The summed E-state index contributed by atoms with van der Waals surface area (Å²) in [5.74, 6) is 6.88. The topological polar surface area (TPSA) is 67.1 Å². The number of aromatic nitrogens is 2. The Morgan fingerprint density at radius 2 is 2.16 bits per heavy atom. The monoisotopic (exact) mass is 319 g/mol. The minimum Gasteiger partial charge on any atom is -0.322 e. The van der Waals surface area contributed by atoms with Crippen LogP contribution in [0.15, 0.2) is 35.1 Å². The maximum atomic E-state index is 5.46. The van der Waals surface area contributed by atoms with Crippen molar-refractivity contribution in [3.05, 3.63) is 40.6 Å². The summed E-state index contributed by atoms with van der Waals surface area (Å²) in [6.45, 7) is 2.18. The molecule has 1 unspecified atom stereocenters. The van der Waals surface area contributed by atoms with Gasteiger partial charge in [-0.1, -0.05) is 18.2 Å². The van der Waals surface area contributed by atoms with Crippen molar-refractivity contribution in [2.75, 3.05) is 10.3 Å². The smallest absolute Gasteiger partial charge is 0.159 e. The van der Waals surface area contributed by atoms with Crippen molar-refractivity contribution in [3.63, 3.8) is 0 Å². The van der Waals surface area contributed by atoms with Crippen molar-refractivity contribution in [3.8, 4) is 0 Å². The molecule has 1 aliphatic heterocycles. The van der Waals surface area contributed by atoms with Gasteiger partial charge in [-0.25, -0.2) is 15.8 Å². The lowest BCUT2D eigenvalue weighted by Gasteiger charge is -2.25. The van der Waals surface area contributed by atoms with Gasteiger partial charge in [0.25, 0.3) is 0 Å². The molecule has 1 aromatic carbocycles. The van der Waals surface area contributed by atoms with Crippen LogP contribution in [-0.4, -0.2) is 16.0 Å². The van der Waals surface area contributed by atoms with Crippen LogP contribution in [0, 0.1) is 0 Å². The van der Waals surface area contributed by atoms with Gasteiger partial charge in [-0.3, -0.25) is 0 Å². The number of rotatable bonds is 2. The Hall–Kier alpha value is -1.66. The summed E-state index contributed by atoms with van der Waals surface area (Å²) in [5, 5.41) is 0. The van der Waals surface area contributed by atoms with Crippen LogP contribution in [0.3, 0.4) is 0 Å². The van der Waals surface area contributed by atoms with Gasteiger partial charge in [0, 0.05) is 11.7 Å². The van der Waals surface area contributed by atoms with Gasteiger partial charge in [-0.15, -0.1) is 0 Å². The highest BCUT2D eigenvalue weighted by Gasteiger charge is 2.29. The van der Waals surface area contributed by atoms with E-state index in [1.807, 2.05) is 6.07 Å². The number of para-hydroxylation sites is 1. The molecule has 2 aromatic rings. The summed E-state index contributed by atoms with van der Waals surface area (Å²) in [6, 6.07) is 8.73. The first-order valence-corrected chi connectivity index (χ1v) is 6.86. The van der Waals surface area contributed by atoms with E-state index >= 15 is 0 Å². The van der Waals surface area contributed by atoms with Crippen LogP contribution in [0.2, 0.25) is 0 Å². The average molecular weight is 320 g/mol. The van der Waals surface area contributed by atoms with E-state index < -0.39 is 0 Å². The molecule has 0 bridgehead atoms. The molecule has 3 N–H and O–H groups in total. The maximum absolute atomic E-state index is 5.46. The zero-order valence-corrected chi connectivity index (χ0v) is 12.1. The molecule has 98 valence electrons. The first kappa shape index (κ1) is 12.4. The lowest BCUT2D eigenvalue weighted by molar-refractivity contribution is 0.747. The van der Waals surface area contributed by atoms with Crippen molar-refractivity contribution in [2.24, 2.45) is 5.84 Å². The third kappa shape index (κ3) is 1.97. The standard InChI is InChI=1S/C13H14BrN5/c1-8-6-9-4-2-3-5-10(9)19(8)13-11(14)12(18-15)16-7-17-13/h2-5,7-8H,6,15H2,1H3,(H,16,17,18). The molecule has 5 nitrogen and oxygen atoms in total. The Morgan fingerprint density at radius 1 is 1.37 bits per heavy atom. The van der Waals surface area contributed by atoms with Crippen LogP contribution in [-0.2, 0) is 6.42 Å². The van der Waals surface area contributed by atoms with Crippen LogP contribution in [0.5, 0.6) is 0 Å². The molecule has 2 heterocycles. The fourth-order valence-corrected chi connectivity index (χ4v) is 3.03. The van der Waals surface area contributed by atoms with Gasteiger partial charge in [-0.05, 0) is 40.9 Å². The van der Waals surface area contributed by atoms with Crippen molar-refractivity contribution in [2.45, 2.75) is 19.4 Å². The van der Waals surface area contributed by atoms with Crippen molar-refractivity contribution in [1.29, 1.82) is 0 Å². The SMILES string of the molecule is CC1Cc2ccccc2N1c1ncnc(NN)c1Br. The predicted molar refractivity (Wildman–Crippen MR) is 79.3 cm³/mol. The molecule has 0 saturated heterocycles. The Morgan fingerprint density at radius 3 is 2.95 bits per heavy atom. The van der Waals surface area contributed by atoms with Gasteiger partial charge in [0.2, 0.25) is 0 Å². The second kappa shape index (κ2) is 4.79. The van der Waals surface area contributed by atoms with E-state index in [-0.39, 0.29) is 0 Å². The maximum Gasteiger partial charge on any atom is 0.159 e. The summed E-state index contributed by atoms with van der Waals surface area (Å²) < 4.78 is 0.779. The van der Waals surface area contributed by atoms with E-state index in [9.17, 15) is 0 Å². The predicted octanol–water partition coefficient (Wildman–Crippen LogP) is 2.61. The second-order valence-electron chi connectivity index (χ2n) is 4.56. The van der Waals surface area contributed by atoms with Crippen LogP contribution >= 0.6 is 15.9 Å². The number of nitrogens with two attached hydrogens (primary N) is 1. The van der Waals surface area contributed by atoms with E-state index in [1.54, 1.807) is 0 Å². The molecular formula is C13H14BrN5. The molecule has 0 radical (unpaired) electrons. The van der Waals surface area contributed by atoms with Gasteiger partial charge in [0.15, 0.2) is 11.6 Å². The Kier molecular flexibility index (Phi) is 3.12. The second-order valence-corrected chi connectivity index (χ2v) is 5.35. The van der Waals surface area contributed by atoms with Gasteiger partial charge >= 0.3 is 0 Å². The highest BCUT2D eigenvalue weighted by molar-refractivity contribution is 9.10. The number of hydrazine groups is 1. The average Bonchev–Trinajstić information content (AvgIpc) is 2.75. The minimum atomic E-state index is 0.356. The summed E-state index contributed by atoms with van der Waals surface area (Å²) in [4.78, 5) is 10.7. The van der Waals surface area contributed by atoms with Gasteiger partial charge in [-0.2, -0.15) is 0 Å².